The number of hydrogen-bond donors (Lipinski definition) is 8. The molecule has 0 saturated heterocycles. The van der Waals surface area contributed by atoms with Crippen LogP contribution in [0.5, 0.6) is 0 Å². The van der Waals surface area contributed by atoms with E-state index in [4.69, 9.17) is 0 Å². The van der Waals surface area contributed by atoms with Crippen LogP contribution in [0, 0.1) is 75.4 Å². The summed E-state index contributed by atoms with van der Waals surface area (Å²) in [5, 5.41) is 80.3. The lowest BCUT2D eigenvalue weighted by atomic mass is 9.60. The Morgan fingerprint density at radius 3 is 1.37 bits per heavy atom. The lowest BCUT2D eigenvalue weighted by Gasteiger charge is -2.44. The van der Waals surface area contributed by atoms with E-state index in [2.05, 4.69) is 118 Å². The van der Waals surface area contributed by atoms with Crippen molar-refractivity contribution in [2.24, 2.45) is 75.4 Å². The second-order valence-electron chi connectivity index (χ2n) is 33.2. The first kappa shape index (κ1) is 76.2. The lowest BCUT2D eigenvalue weighted by Crippen LogP contribution is -2.42. The largest absolute Gasteiger partial charge is 0.416 e. The fraction of sp³-hybridized carbons (Fsp3) is 0.753. The summed E-state index contributed by atoms with van der Waals surface area (Å²) in [7, 11) is 0. The van der Waals surface area contributed by atoms with Crippen molar-refractivity contribution in [1.29, 1.82) is 0 Å². The van der Waals surface area contributed by atoms with Crippen molar-refractivity contribution >= 4 is 0 Å². The maximum Gasteiger partial charge on any atom is 0.416 e. The predicted octanol–water partition coefficient (Wildman–Crippen LogP) is 18.3. The van der Waals surface area contributed by atoms with E-state index in [-0.39, 0.29) is 17.9 Å². The Kier molecular flexibility index (Phi) is 26.5. The van der Waals surface area contributed by atoms with Crippen molar-refractivity contribution in [2.45, 2.75) is 310 Å². The van der Waals surface area contributed by atoms with Gasteiger partial charge in [-0.2, -0.15) is 13.2 Å². The molecule has 0 aromatic carbocycles. The highest BCUT2D eigenvalue weighted by Gasteiger charge is 2.54. The second kappa shape index (κ2) is 32.0. The molecule has 0 heterocycles. The number of aliphatic hydroxyl groups is 8. The third-order valence-electron chi connectivity index (χ3n) is 25.3. The van der Waals surface area contributed by atoms with E-state index >= 15 is 0 Å². The monoisotopic (exact) mass is 1280 g/mol. The number of aliphatic hydroxyl groups excluding tert-OH is 6. The highest BCUT2D eigenvalue weighted by molar-refractivity contribution is 5.41. The molecule has 8 nitrogen and oxygen atoms in total. The van der Waals surface area contributed by atoms with E-state index in [1.807, 2.05) is 6.08 Å². The minimum absolute atomic E-state index is 0.136. The molecule has 9 aliphatic rings. The summed E-state index contributed by atoms with van der Waals surface area (Å²) in [5.41, 5.74) is 7.92. The Hall–Kier alpha value is -3.13. The van der Waals surface area contributed by atoms with Crippen molar-refractivity contribution in [3.63, 3.8) is 0 Å². The van der Waals surface area contributed by atoms with E-state index in [1.165, 1.54) is 80.9 Å². The normalized spacial score (nSPS) is 38.5. The van der Waals surface area contributed by atoms with Gasteiger partial charge < -0.3 is 40.9 Å². The van der Waals surface area contributed by atoms with Crippen LogP contribution in [0.1, 0.15) is 256 Å². The number of fused-ring (bicyclic) bond motifs is 3. The first-order valence-corrected chi connectivity index (χ1v) is 36.5. The van der Waals surface area contributed by atoms with E-state index < -0.39 is 47.9 Å². The van der Waals surface area contributed by atoms with Gasteiger partial charge >= 0.3 is 6.18 Å². The number of hydrogen-bond acceptors (Lipinski definition) is 8. The van der Waals surface area contributed by atoms with E-state index in [0.29, 0.717) is 115 Å². The van der Waals surface area contributed by atoms with Crippen LogP contribution in [0.4, 0.5) is 13.2 Å². The standard InChI is InChI=1S/C28H46O3.C27H41F3O3.C26H40O2/c1-19-8-12-23(29)17-22(19)11-10-21-7-6-16-28(5)25(14-15-26(21)28)20(2)9-13-24(30)18-27(3,4)31;1-17(7-5-14-26(4,33)27(28,29)30)22-11-12-23-19(8-6-13-25(22,23)3)9-10-20-15-21(31)16-24(32)18(20)2;1-17(2)8-9-18(3)23-12-13-24-20(7-6-14-26(23,24)5)10-11-21-15-22(27)16-25(28)19(21)4/h10-11,20,23-26,29-31H,1,6-9,12-18H2,2-5H3;9-10,17,21-24,31-33H,2,5-8,11-16H2,1,3-4H3;8-11,17-18,22-25,27-28H,4,6-7,12-16H2,1-3,5H3/b21-10+,22-11-;19-9+,20-10-;9-8+,20-10+,21-11-/t20-,23+,24?,25-,26?,28?;17-,21-,22-,23?,24+,25?,26?;18-,22-,23-,24?,25+,26?/m111/s1. The third-order valence-corrected chi connectivity index (χ3v) is 25.3. The Balaban J connectivity index is 0.000000196. The molecule has 9 saturated carbocycles. The molecule has 19 atom stereocenters. The van der Waals surface area contributed by atoms with E-state index in [1.54, 1.807) is 25.0 Å². The fourth-order valence-corrected chi connectivity index (χ4v) is 19.9. The second-order valence-corrected chi connectivity index (χ2v) is 33.2. The van der Waals surface area contributed by atoms with Crippen molar-refractivity contribution in [2.75, 3.05) is 0 Å². The maximum absolute atomic E-state index is 13.0. The zero-order chi connectivity index (χ0) is 67.9. The van der Waals surface area contributed by atoms with Crippen molar-refractivity contribution in [3.8, 4) is 0 Å². The molecule has 0 bridgehead atoms. The molecule has 9 aliphatic carbocycles. The smallest absolute Gasteiger partial charge is 0.393 e. The van der Waals surface area contributed by atoms with Gasteiger partial charge in [0.25, 0.3) is 0 Å². The van der Waals surface area contributed by atoms with Gasteiger partial charge in [0.05, 0.1) is 42.2 Å². The van der Waals surface area contributed by atoms with Crippen LogP contribution in [0.15, 0.2) is 119 Å². The molecule has 8 N–H and O–H groups in total. The minimum atomic E-state index is -4.59. The van der Waals surface area contributed by atoms with Crippen LogP contribution in [0.3, 0.4) is 0 Å². The van der Waals surface area contributed by atoms with Crippen LogP contribution < -0.4 is 0 Å². The molecule has 0 radical (unpaired) electrons. The van der Waals surface area contributed by atoms with Crippen LogP contribution in [0.2, 0.25) is 0 Å². The maximum atomic E-state index is 13.0. The average molecular weight is 1290 g/mol. The summed E-state index contributed by atoms with van der Waals surface area (Å²) in [6, 6.07) is 0. The summed E-state index contributed by atoms with van der Waals surface area (Å²) in [6.07, 6.45) is 36.2. The molecule has 0 aliphatic heterocycles. The highest BCUT2D eigenvalue weighted by atomic mass is 19.4. The van der Waals surface area contributed by atoms with E-state index in [0.717, 1.165) is 93.8 Å². The van der Waals surface area contributed by atoms with Gasteiger partial charge in [0, 0.05) is 19.3 Å². The third kappa shape index (κ3) is 18.9. The zero-order valence-electron chi connectivity index (χ0n) is 59.0. The SMILES string of the molecule is C=C1/C(=C\C=C2/CCCC3(C)C2CC[C@@H]3[C@H](C)/C=C/C(C)C)C[C@@H](O)C[C@@H]1O.C=C1/C(=C\C=C2/CCCC3(C)C2CC[C@@H]3[C@H](C)CCCC(C)(O)C(F)(F)F)C[C@@H](O)C[C@@H]1O.C=C1CC[C@H](O)C/C1=C/C=C1\CCCC2(C)C1CC[C@@H]2[C@H](C)CCC(O)CC(C)(C)O. The molecule has 0 spiro atoms. The molecule has 0 aromatic heterocycles. The van der Waals surface area contributed by atoms with Gasteiger partial charge in [-0.05, 0) is 278 Å². The number of halogens is 3. The Morgan fingerprint density at radius 1 is 0.522 bits per heavy atom. The van der Waals surface area contributed by atoms with Crippen LogP contribution >= 0.6 is 0 Å². The summed E-state index contributed by atoms with van der Waals surface area (Å²) in [6.45, 7) is 35.6. The summed E-state index contributed by atoms with van der Waals surface area (Å²) >= 11 is 0. The molecule has 11 heteroatoms. The van der Waals surface area contributed by atoms with Crippen molar-refractivity contribution in [3.05, 3.63) is 119 Å². The van der Waals surface area contributed by atoms with Crippen LogP contribution in [0.25, 0.3) is 0 Å². The van der Waals surface area contributed by atoms with Gasteiger partial charge in [-0.15, -0.1) is 0 Å². The molecule has 9 fully saturated rings. The Bertz CT molecular complexity index is 2730. The number of alkyl halides is 3. The average Bonchev–Trinajstić information content (AvgIpc) is 1.61. The number of allylic oxidation sites excluding steroid dienone is 12. The molecule has 520 valence electrons. The molecule has 0 amide bonds. The molecule has 92 heavy (non-hydrogen) atoms. The summed E-state index contributed by atoms with van der Waals surface area (Å²) < 4.78 is 38.9. The molecule has 0 aromatic rings. The zero-order valence-corrected chi connectivity index (χ0v) is 59.0. The van der Waals surface area contributed by atoms with Gasteiger partial charge in [-0.3, -0.25) is 0 Å². The summed E-state index contributed by atoms with van der Waals surface area (Å²) in [5.74, 6) is 5.88. The van der Waals surface area contributed by atoms with Crippen molar-refractivity contribution in [1.82, 2.24) is 0 Å². The quantitative estimate of drug-likeness (QED) is 0.0668. The molecular weight excluding hydrogens is 1160 g/mol. The Morgan fingerprint density at radius 2 is 0.935 bits per heavy atom. The van der Waals surface area contributed by atoms with Crippen LogP contribution in [-0.4, -0.2) is 94.9 Å². The minimum Gasteiger partial charge on any atom is -0.393 e. The van der Waals surface area contributed by atoms with Gasteiger partial charge in [0.1, 0.15) is 0 Å². The highest BCUT2D eigenvalue weighted by Crippen LogP contribution is 2.63. The van der Waals surface area contributed by atoms with Crippen LogP contribution in [-0.2, 0) is 0 Å². The Labute approximate surface area is 555 Å². The first-order chi connectivity index (χ1) is 43.0. The molecule has 9 rings (SSSR count). The lowest BCUT2D eigenvalue weighted by molar-refractivity contribution is -0.255. The van der Waals surface area contributed by atoms with Gasteiger partial charge in [-0.25, -0.2) is 0 Å². The van der Waals surface area contributed by atoms with Gasteiger partial charge in [0.15, 0.2) is 5.60 Å². The topological polar surface area (TPSA) is 162 Å². The van der Waals surface area contributed by atoms with Crippen molar-refractivity contribution < 1.29 is 54.0 Å². The fourth-order valence-electron chi connectivity index (χ4n) is 19.9. The molecular formula is C81H127F3O8. The first-order valence-electron chi connectivity index (χ1n) is 36.5. The predicted molar refractivity (Wildman–Crippen MR) is 371 cm³/mol. The number of rotatable bonds is 17. The van der Waals surface area contributed by atoms with E-state index in [9.17, 15) is 54.0 Å². The molecule has 8 unspecified atom stereocenters. The van der Waals surface area contributed by atoms with Gasteiger partial charge in [0.2, 0.25) is 0 Å². The summed E-state index contributed by atoms with van der Waals surface area (Å²) in [4.78, 5) is 0. The van der Waals surface area contributed by atoms with Gasteiger partial charge in [-0.1, -0.05) is 152 Å².